The van der Waals surface area contributed by atoms with Crippen LogP contribution in [0, 0.1) is 50.9 Å². The molecule has 76 valence electrons. The van der Waals surface area contributed by atoms with Gasteiger partial charge in [0, 0.05) is 6.20 Å². The van der Waals surface area contributed by atoms with Crippen molar-refractivity contribution in [2.24, 2.45) is 5.41 Å². The molecule has 1 atom stereocenters. The summed E-state index contributed by atoms with van der Waals surface area (Å²) in [5.41, 5.74) is -4.71. The molecule has 0 saturated carbocycles. The molecule has 16 heavy (non-hydrogen) atoms. The number of carboxylic acids is 1. The summed E-state index contributed by atoms with van der Waals surface area (Å²) in [5.74, 6) is -1.72. The molecule has 1 heterocycles. The van der Waals surface area contributed by atoms with Gasteiger partial charge in [0.2, 0.25) is 5.41 Å². The molecule has 1 rings (SSSR count). The standard InChI is InChI=1S/C9H3N5O2/c10-3-8(4-11)1-2-14(6-13)9(8,5-12)7(15)16/h1-2H,(H,15,16). The van der Waals surface area contributed by atoms with Crippen LogP contribution in [0.2, 0.25) is 0 Å². The second kappa shape index (κ2) is 3.28. The molecule has 7 heteroatoms. The maximum Gasteiger partial charge on any atom is 0.348 e. The number of hydrogen-bond donors (Lipinski definition) is 1. The lowest BCUT2D eigenvalue weighted by Crippen LogP contribution is -2.56. The van der Waals surface area contributed by atoms with Crippen LogP contribution in [0.4, 0.5) is 0 Å². The summed E-state index contributed by atoms with van der Waals surface area (Å²) in [6.07, 6.45) is 3.34. The maximum atomic E-state index is 11.1. The Morgan fingerprint density at radius 3 is 2.06 bits per heavy atom. The molecule has 1 N–H and O–H groups in total. The van der Waals surface area contributed by atoms with Crippen LogP contribution in [0.1, 0.15) is 0 Å². The lowest BCUT2D eigenvalue weighted by atomic mass is 9.73. The highest BCUT2D eigenvalue weighted by atomic mass is 16.4. The molecule has 0 saturated heterocycles. The summed E-state index contributed by atoms with van der Waals surface area (Å²) in [6, 6.07) is 4.31. The molecule has 0 fully saturated rings. The number of hydrogen-bond acceptors (Lipinski definition) is 6. The summed E-state index contributed by atoms with van der Waals surface area (Å²) >= 11 is 0. The van der Waals surface area contributed by atoms with Crippen LogP contribution in [0.15, 0.2) is 12.3 Å². The van der Waals surface area contributed by atoms with E-state index < -0.39 is 16.9 Å². The molecule has 0 aromatic carbocycles. The predicted octanol–water partition coefficient (Wildman–Crippen LogP) is -0.323. The second-order valence-electron chi connectivity index (χ2n) is 2.94. The minimum Gasteiger partial charge on any atom is -0.479 e. The Kier molecular flexibility index (Phi) is 2.26. The number of carboxylic acid groups (broad SMARTS) is 1. The normalized spacial score (nSPS) is 24.9. The van der Waals surface area contributed by atoms with Crippen molar-refractivity contribution in [1.82, 2.24) is 4.90 Å². The average Bonchev–Trinajstić information content (AvgIpc) is 2.63. The fraction of sp³-hybridized carbons (Fsp3) is 0.222. The molecule has 0 aliphatic carbocycles. The van der Waals surface area contributed by atoms with Crippen molar-refractivity contribution >= 4 is 5.97 Å². The molecule has 0 aromatic rings. The van der Waals surface area contributed by atoms with Gasteiger partial charge >= 0.3 is 5.97 Å². The second-order valence-corrected chi connectivity index (χ2v) is 2.94. The first-order chi connectivity index (χ1) is 7.54. The topological polar surface area (TPSA) is 136 Å². The summed E-state index contributed by atoms with van der Waals surface area (Å²) < 4.78 is 0. The molecule has 0 amide bonds. The van der Waals surface area contributed by atoms with Crippen LogP contribution in [0.3, 0.4) is 0 Å². The van der Waals surface area contributed by atoms with E-state index in [1.54, 1.807) is 0 Å². The largest absolute Gasteiger partial charge is 0.479 e. The lowest BCUT2D eigenvalue weighted by Gasteiger charge is -2.29. The fourth-order valence-electron chi connectivity index (χ4n) is 1.44. The zero-order valence-corrected chi connectivity index (χ0v) is 7.75. The van der Waals surface area contributed by atoms with Crippen molar-refractivity contribution in [1.29, 1.82) is 21.0 Å². The van der Waals surface area contributed by atoms with Crippen LogP contribution in [0.5, 0.6) is 0 Å². The van der Waals surface area contributed by atoms with Crippen LogP contribution in [-0.2, 0) is 4.79 Å². The summed E-state index contributed by atoms with van der Waals surface area (Å²) in [4.78, 5) is 11.6. The lowest BCUT2D eigenvalue weighted by molar-refractivity contribution is -0.146. The smallest absolute Gasteiger partial charge is 0.348 e. The Balaban J connectivity index is 3.62. The molecule has 0 spiro atoms. The van der Waals surface area contributed by atoms with Crippen LogP contribution >= 0.6 is 0 Å². The predicted molar refractivity (Wildman–Crippen MR) is 46.2 cm³/mol. The highest BCUT2D eigenvalue weighted by Gasteiger charge is 2.65. The Morgan fingerprint density at radius 1 is 1.19 bits per heavy atom. The third-order valence-corrected chi connectivity index (χ3v) is 2.34. The highest BCUT2D eigenvalue weighted by Crippen LogP contribution is 2.42. The molecule has 0 radical (unpaired) electrons. The molecule has 7 nitrogen and oxygen atoms in total. The monoisotopic (exact) mass is 213 g/mol. The van der Waals surface area contributed by atoms with Gasteiger partial charge in [0.15, 0.2) is 6.19 Å². The van der Waals surface area contributed by atoms with Crippen molar-refractivity contribution in [2.45, 2.75) is 5.54 Å². The highest BCUT2D eigenvalue weighted by molar-refractivity contribution is 5.88. The van der Waals surface area contributed by atoms with Crippen molar-refractivity contribution in [3.05, 3.63) is 12.3 Å². The molecule has 0 bridgehead atoms. The van der Waals surface area contributed by atoms with Crippen molar-refractivity contribution in [2.75, 3.05) is 0 Å². The number of nitriles is 4. The number of carbonyl (C=O) groups is 1. The fourth-order valence-corrected chi connectivity index (χ4v) is 1.44. The van der Waals surface area contributed by atoms with E-state index in [1.165, 1.54) is 24.4 Å². The Labute approximate surface area is 90.2 Å². The summed E-state index contributed by atoms with van der Waals surface area (Å²) in [7, 11) is 0. The Bertz CT molecular complexity index is 524. The van der Waals surface area contributed by atoms with E-state index in [2.05, 4.69) is 0 Å². The van der Waals surface area contributed by atoms with Gasteiger partial charge in [-0.2, -0.15) is 21.0 Å². The number of aliphatic carboxylic acids is 1. The van der Waals surface area contributed by atoms with Gasteiger partial charge in [0.1, 0.15) is 6.07 Å². The molecule has 1 aliphatic heterocycles. The van der Waals surface area contributed by atoms with Crippen molar-refractivity contribution in [3.8, 4) is 24.4 Å². The quantitative estimate of drug-likeness (QED) is 0.589. The van der Waals surface area contributed by atoms with Gasteiger partial charge < -0.3 is 5.11 Å². The Morgan fingerprint density at radius 2 is 1.75 bits per heavy atom. The van der Waals surface area contributed by atoms with Crippen LogP contribution in [-0.4, -0.2) is 21.5 Å². The van der Waals surface area contributed by atoms with E-state index in [0.717, 1.165) is 12.3 Å². The van der Waals surface area contributed by atoms with E-state index in [-0.39, 0.29) is 0 Å². The first kappa shape index (κ1) is 11.0. The van der Waals surface area contributed by atoms with Gasteiger partial charge in [-0.1, -0.05) is 0 Å². The first-order valence-electron chi connectivity index (χ1n) is 3.90. The van der Waals surface area contributed by atoms with Crippen molar-refractivity contribution in [3.63, 3.8) is 0 Å². The van der Waals surface area contributed by atoms with E-state index in [9.17, 15) is 4.79 Å². The van der Waals surface area contributed by atoms with E-state index in [4.69, 9.17) is 26.2 Å². The van der Waals surface area contributed by atoms with Gasteiger partial charge in [0.05, 0.1) is 12.1 Å². The van der Waals surface area contributed by atoms with E-state index in [1.807, 2.05) is 0 Å². The van der Waals surface area contributed by atoms with Crippen LogP contribution in [0.25, 0.3) is 0 Å². The van der Waals surface area contributed by atoms with Gasteiger partial charge in [-0.15, -0.1) is 0 Å². The van der Waals surface area contributed by atoms with Gasteiger partial charge in [-0.25, -0.2) is 4.79 Å². The zero-order chi connectivity index (χ0) is 12.4. The molecule has 1 aliphatic rings. The third kappa shape index (κ3) is 0.892. The summed E-state index contributed by atoms with van der Waals surface area (Å²) in [5, 5.41) is 44.4. The van der Waals surface area contributed by atoms with E-state index >= 15 is 0 Å². The number of nitrogens with zero attached hydrogens (tertiary/aromatic N) is 5. The van der Waals surface area contributed by atoms with Crippen molar-refractivity contribution < 1.29 is 9.90 Å². The number of rotatable bonds is 1. The van der Waals surface area contributed by atoms with Gasteiger partial charge in [0.25, 0.3) is 5.54 Å². The molecular weight excluding hydrogens is 210 g/mol. The van der Waals surface area contributed by atoms with Gasteiger partial charge in [-0.05, 0) is 6.08 Å². The van der Waals surface area contributed by atoms with E-state index in [0.29, 0.717) is 4.90 Å². The minimum absolute atomic E-state index is 0.488. The first-order valence-corrected chi connectivity index (χ1v) is 3.90. The minimum atomic E-state index is -2.52. The maximum absolute atomic E-state index is 11.1. The molecular formula is C9H3N5O2. The average molecular weight is 213 g/mol. The Hall–Kier alpha value is -3.03. The molecule has 1 unspecified atom stereocenters. The third-order valence-electron chi connectivity index (χ3n) is 2.34. The van der Waals surface area contributed by atoms with Gasteiger partial charge in [-0.3, -0.25) is 4.90 Å². The molecule has 0 aromatic heterocycles. The summed E-state index contributed by atoms with van der Waals surface area (Å²) in [6.45, 7) is 0. The zero-order valence-electron chi connectivity index (χ0n) is 7.75. The van der Waals surface area contributed by atoms with Crippen LogP contribution < -0.4 is 0 Å². The SMILES string of the molecule is N#CN1C=CC(C#N)(C#N)C1(C#N)C(=O)O.